The van der Waals surface area contributed by atoms with Crippen LogP contribution in [0.15, 0.2) is 0 Å². The first-order valence-electron chi connectivity index (χ1n) is 5.86. The van der Waals surface area contributed by atoms with E-state index in [1.54, 1.807) is 0 Å². The average molecular weight is 182 g/mol. The predicted octanol–water partition coefficient (Wildman–Crippen LogP) is 2.97. The molecule has 0 amide bonds. The molecule has 0 aromatic heterocycles. The molecule has 1 heteroatoms. The number of fused-ring (bicyclic) bond motifs is 1. The second-order valence-electron chi connectivity index (χ2n) is 5.25. The van der Waals surface area contributed by atoms with Crippen molar-refractivity contribution in [1.29, 1.82) is 0 Å². The molecule has 0 aromatic carbocycles. The molecule has 0 radical (unpaired) electrons. The standard InChI is InChI=1S/C12H22O/c1-3-9-6-7-10-11(13)5-4-8-12(9,10)2/h9-11,13H,3-8H2,1-2H3/t9-,10-,11?,12+/m0/s1. The summed E-state index contributed by atoms with van der Waals surface area (Å²) in [6, 6.07) is 0. The summed E-state index contributed by atoms with van der Waals surface area (Å²) < 4.78 is 0. The van der Waals surface area contributed by atoms with Crippen molar-refractivity contribution in [3.05, 3.63) is 0 Å². The molecule has 0 spiro atoms. The van der Waals surface area contributed by atoms with Crippen LogP contribution in [0.4, 0.5) is 0 Å². The lowest BCUT2D eigenvalue weighted by Gasteiger charge is -2.43. The fourth-order valence-electron chi connectivity index (χ4n) is 3.93. The van der Waals surface area contributed by atoms with E-state index >= 15 is 0 Å². The molecular formula is C12H22O. The summed E-state index contributed by atoms with van der Waals surface area (Å²) in [4.78, 5) is 0. The lowest BCUT2D eigenvalue weighted by atomic mass is 9.64. The molecule has 0 heterocycles. The molecule has 2 aliphatic rings. The van der Waals surface area contributed by atoms with Crippen molar-refractivity contribution in [3.8, 4) is 0 Å². The van der Waals surface area contributed by atoms with E-state index in [1.165, 1.54) is 32.1 Å². The maximum Gasteiger partial charge on any atom is 0.0573 e. The van der Waals surface area contributed by atoms with Gasteiger partial charge in [0.15, 0.2) is 0 Å². The highest BCUT2D eigenvalue weighted by Gasteiger charge is 2.49. The van der Waals surface area contributed by atoms with Gasteiger partial charge in [0.25, 0.3) is 0 Å². The van der Waals surface area contributed by atoms with Crippen LogP contribution in [0.1, 0.15) is 52.4 Å². The van der Waals surface area contributed by atoms with Gasteiger partial charge < -0.3 is 5.11 Å². The fourth-order valence-corrected chi connectivity index (χ4v) is 3.93. The van der Waals surface area contributed by atoms with Crippen molar-refractivity contribution in [2.45, 2.75) is 58.5 Å². The monoisotopic (exact) mass is 182 g/mol. The van der Waals surface area contributed by atoms with Crippen LogP contribution in [0.5, 0.6) is 0 Å². The molecule has 4 atom stereocenters. The molecule has 76 valence electrons. The molecule has 0 aromatic rings. The largest absolute Gasteiger partial charge is 0.393 e. The Bertz CT molecular complexity index is 190. The van der Waals surface area contributed by atoms with Crippen LogP contribution in [0.2, 0.25) is 0 Å². The third-order valence-corrected chi connectivity index (χ3v) is 4.78. The first kappa shape index (κ1) is 9.51. The lowest BCUT2D eigenvalue weighted by Crippen LogP contribution is -2.39. The first-order chi connectivity index (χ1) is 6.18. The van der Waals surface area contributed by atoms with Gasteiger partial charge in [0.05, 0.1) is 6.10 Å². The second kappa shape index (κ2) is 3.27. The van der Waals surface area contributed by atoms with E-state index in [2.05, 4.69) is 13.8 Å². The van der Waals surface area contributed by atoms with Crippen LogP contribution in [0.25, 0.3) is 0 Å². The lowest BCUT2D eigenvalue weighted by molar-refractivity contribution is -0.0174. The summed E-state index contributed by atoms with van der Waals surface area (Å²) in [6.07, 6.45) is 7.59. The molecule has 1 nitrogen and oxygen atoms in total. The first-order valence-corrected chi connectivity index (χ1v) is 5.86. The molecular weight excluding hydrogens is 160 g/mol. The second-order valence-corrected chi connectivity index (χ2v) is 5.25. The van der Waals surface area contributed by atoms with E-state index in [9.17, 15) is 5.11 Å². The van der Waals surface area contributed by atoms with E-state index in [-0.39, 0.29) is 6.10 Å². The van der Waals surface area contributed by atoms with Gasteiger partial charge in [0.1, 0.15) is 0 Å². The van der Waals surface area contributed by atoms with E-state index < -0.39 is 0 Å². The number of aliphatic hydroxyl groups is 1. The third-order valence-electron chi connectivity index (χ3n) is 4.78. The number of aliphatic hydroxyl groups excluding tert-OH is 1. The van der Waals surface area contributed by atoms with E-state index in [0.29, 0.717) is 11.3 Å². The average Bonchev–Trinajstić information content (AvgIpc) is 2.43. The van der Waals surface area contributed by atoms with Crippen molar-refractivity contribution in [3.63, 3.8) is 0 Å². The Morgan fingerprint density at radius 1 is 1.31 bits per heavy atom. The van der Waals surface area contributed by atoms with Crippen molar-refractivity contribution >= 4 is 0 Å². The van der Waals surface area contributed by atoms with Crippen molar-refractivity contribution in [1.82, 2.24) is 0 Å². The molecule has 0 saturated heterocycles. The number of rotatable bonds is 1. The van der Waals surface area contributed by atoms with Crippen molar-refractivity contribution < 1.29 is 5.11 Å². The summed E-state index contributed by atoms with van der Waals surface area (Å²) in [7, 11) is 0. The molecule has 0 aliphatic heterocycles. The SMILES string of the molecule is CC[C@H]1CC[C@H]2C(O)CCC[C@]12C. The molecule has 0 bridgehead atoms. The van der Waals surface area contributed by atoms with Gasteiger partial charge >= 0.3 is 0 Å². The van der Waals surface area contributed by atoms with Crippen LogP contribution in [0, 0.1) is 17.3 Å². The molecule has 2 rings (SSSR count). The highest BCUT2D eigenvalue weighted by atomic mass is 16.3. The van der Waals surface area contributed by atoms with E-state index in [4.69, 9.17) is 0 Å². The van der Waals surface area contributed by atoms with E-state index in [1.807, 2.05) is 0 Å². The maximum absolute atomic E-state index is 9.96. The van der Waals surface area contributed by atoms with Crippen LogP contribution >= 0.6 is 0 Å². The zero-order valence-electron chi connectivity index (χ0n) is 8.92. The van der Waals surface area contributed by atoms with Gasteiger partial charge in [0, 0.05) is 0 Å². The zero-order chi connectivity index (χ0) is 9.47. The smallest absolute Gasteiger partial charge is 0.0573 e. The molecule has 2 aliphatic carbocycles. The van der Waals surface area contributed by atoms with Crippen LogP contribution in [-0.4, -0.2) is 11.2 Å². The van der Waals surface area contributed by atoms with Crippen LogP contribution < -0.4 is 0 Å². The zero-order valence-corrected chi connectivity index (χ0v) is 8.92. The maximum atomic E-state index is 9.96. The van der Waals surface area contributed by atoms with Gasteiger partial charge in [0.2, 0.25) is 0 Å². The van der Waals surface area contributed by atoms with Gasteiger partial charge in [-0.25, -0.2) is 0 Å². The van der Waals surface area contributed by atoms with Gasteiger partial charge in [-0.3, -0.25) is 0 Å². The summed E-state index contributed by atoms with van der Waals surface area (Å²) in [6.45, 7) is 4.72. The van der Waals surface area contributed by atoms with Crippen molar-refractivity contribution in [2.24, 2.45) is 17.3 Å². The third kappa shape index (κ3) is 1.32. The Morgan fingerprint density at radius 2 is 2.08 bits per heavy atom. The summed E-state index contributed by atoms with van der Waals surface area (Å²) >= 11 is 0. The topological polar surface area (TPSA) is 20.2 Å². The summed E-state index contributed by atoms with van der Waals surface area (Å²) in [5.74, 6) is 1.50. The van der Waals surface area contributed by atoms with Gasteiger partial charge in [-0.05, 0) is 42.9 Å². The van der Waals surface area contributed by atoms with Gasteiger partial charge in [-0.1, -0.05) is 26.7 Å². The molecule has 13 heavy (non-hydrogen) atoms. The molecule has 2 fully saturated rings. The summed E-state index contributed by atoms with van der Waals surface area (Å²) in [5, 5.41) is 9.96. The highest BCUT2D eigenvalue weighted by Crippen LogP contribution is 2.56. The minimum atomic E-state index is 0.00954. The van der Waals surface area contributed by atoms with Crippen LogP contribution in [0.3, 0.4) is 0 Å². The Kier molecular flexibility index (Phi) is 2.39. The fraction of sp³-hybridized carbons (Fsp3) is 1.00. The van der Waals surface area contributed by atoms with Crippen molar-refractivity contribution in [2.75, 3.05) is 0 Å². The Hall–Kier alpha value is -0.0400. The molecule has 1 unspecified atom stereocenters. The van der Waals surface area contributed by atoms with Gasteiger partial charge in [-0.15, -0.1) is 0 Å². The summed E-state index contributed by atoms with van der Waals surface area (Å²) in [5.41, 5.74) is 0.479. The minimum absolute atomic E-state index is 0.00954. The molecule has 1 N–H and O–H groups in total. The minimum Gasteiger partial charge on any atom is -0.393 e. The Balaban J connectivity index is 2.18. The Morgan fingerprint density at radius 3 is 2.77 bits per heavy atom. The van der Waals surface area contributed by atoms with Crippen LogP contribution in [-0.2, 0) is 0 Å². The Labute approximate surface area is 81.5 Å². The van der Waals surface area contributed by atoms with Gasteiger partial charge in [-0.2, -0.15) is 0 Å². The van der Waals surface area contributed by atoms with E-state index in [0.717, 1.165) is 12.3 Å². The predicted molar refractivity (Wildman–Crippen MR) is 54.5 cm³/mol. The molecule has 2 saturated carbocycles. The number of hydrogen-bond donors (Lipinski definition) is 1. The normalized spacial score (nSPS) is 50.5. The number of hydrogen-bond acceptors (Lipinski definition) is 1. The quantitative estimate of drug-likeness (QED) is 0.661. The highest BCUT2D eigenvalue weighted by molar-refractivity contribution is 4.99.